The van der Waals surface area contributed by atoms with Gasteiger partial charge in [0, 0.05) is 28.4 Å². The van der Waals surface area contributed by atoms with Crippen molar-refractivity contribution in [2.45, 2.75) is 50.4 Å². The summed E-state index contributed by atoms with van der Waals surface area (Å²) in [6, 6.07) is 14.0. The SMILES string of the molecule is C[C@@H]1CCC[C@H](C)N1C(=O)CSc1nnc(-c2ccc(Cl)cc2)n1-c1ccc(F)cc1. The van der Waals surface area contributed by atoms with Crippen LogP contribution in [0.15, 0.2) is 53.7 Å². The first-order chi connectivity index (χ1) is 14.9. The lowest BCUT2D eigenvalue weighted by Gasteiger charge is -2.39. The van der Waals surface area contributed by atoms with Crippen LogP contribution >= 0.6 is 23.4 Å². The molecule has 0 saturated carbocycles. The van der Waals surface area contributed by atoms with Gasteiger partial charge in [-0.2, -0.15) is 0 Å². The fourth-order valence-corrected chi connectivity index (χ4v) is 5.03. The van der Waals surface area contributed by atoms with Gasteiger partial charge in [0.2, 0.25) is 5.91 Å². The second kappa shape index (κ2) is 9.40. The highest BCUT2D eigenvalue weighted by molar-refractivity contribution is 7.99. The van der Waals surface area contributed by atoms with E-state index >= 15 is 0 Å². The zero-order chi connectivity index (χ0) is 22.0. The second-order valence-electron chi connectivity index (χ2n) is 7.84. The van der Waals surface area contributed by atoms with E-state index in [1.54, 1.807) is 24.3 Å². The van der Waals surface area contributed by atoms with Crippen LogP contribution in [0.1, 0.15) is 33.1 Å². The average molecular weight is 459 g/mol. The molecule has 0 radical (unpaired) electrons. The van der Waals surface area contributed by atoms with Gasteiger partial charge in [-0.05, 0) is 81.6 Å². The summed E-state index contributed by atoms with van der Waals surface area (Å²) in [7, 11) is 0. The van der Waals surface area contributed by atoms with Gasteiger partial charge in [0.15, 0.2) is 11.0 Å². The fraction of sp³-hybridized carbons (Fsp3) is 0.348. The Morgan fingerprint density at radius 1 is 1.06 bits per heavy atom. The number of piperidine rings is 1. The zero-order valence-corrected chi connectivity index (χ0v) is 19.0. The van der Waals surface area contributed by atoms with Crippen LogP contribution in [0.5, 0.6) is 0 Å². The summed E-state index contributed by atoms with van der Waals surface area (Å²) in [6.45, 7) is 4.22. The van der Waals surface area contributed by atoms with Crippen molar-refractivity contribution in [3.8, 4) is 17.1 Å². The lowest BCUT2D eigenvalue weighted by molar-refractivity contribution is -0.134. The Kier molecular flexibility index (Phi) is 6.62. The Morgan fingerprint density at radius 2 is 1.71 bits per heavy atom. The van der Waals surface area contributed by atoms with Crippen LogP contribution in [0.25, 0.3) is 17.1 Å². The molecule has 1 fully saturated rings. The fourth-order valence-electron chi connectivity index (χ4n) is 4.09. The Morgan fingerprint density at radius 3 is 2.35 bits per heavy atom. The van der Waals surface area contributed by atoms with Gasteiger partial charge in [-0.3, -0.25) is 9.36 Å². The predicted molar refractivity (Wildman–Crippen MR) is 122 cm³/mol. The Labute approximate surface area is 190 Å². The van der Waals surface area contributed by atoms with E-state index in [9.17, 15) is 9.18 Å². The lowest BCUT2D eigenvalue weighted by Crippen LogP contribution is -2.48. The standard InChI is InChI=1S/C23H24ClFN4OS/c1-15-4-3-5-16(2)28(15)21(30)14-31-23-27-26-22(17-6-8-18(24)9-7-17)29(23)20-12-10-19(25)11-13-20/h6-13,15-16H,3-5,14H2,1-2H3/t15-,16+. The highest BCUT2D eigenvalue weighted by Crippen LogP contribution is 2.30. The van der Waals surface area contributed by atoms with E-state index < -0.39 is 0 Å². The molecule has 1 amide bonds. The largest absolute Gasteiger partial charge is 0.337 e. The number of carbonyl (C=O) groups is 1. The van der Waals surface area contributed by atoms with E-state index in [-0.39, 0.29) is 29.6 Å². The first-order valence-corrected chi connectivity index (χ1v) is 11.7. The Balaban J connectivity index is 1.63. The number of benzene rings is 2. The molecular formula is C23H24ClFN4OS. The molecule has 1 aromatic heterocycles. The van der Waals surface area contributed by atoms with Crippen molar-refractivity contribution in [3.63, 3.8) is 0 Å². The summed E-state index contributed by atoms with van der Waals surface area (Å²) in [4.78, 5) is 15.0. The van der Waals surface area contributed by atoms with Crippen molar-refractivity contribution in [3.05, 3.63) is 59.4 Å². The van der Waals surface area contributed by atoms with Crippen molar-refractivity contribution in [1.82, 2.24) is 19.7 Å². The van der Waals surface area contributed by atoms with Gasteiger partial charge in [-0.15, -0.1) is 10.2 Å². The summed E-state index contributed by atoms with van der Waals surface area (Å²) < 4.78 is 15.4. The lowest BCUT2D eigenvalue weighted by atomic mass is 9.98. The molecule has 2 atom stereocenters. The minimum absolute atomic E-state index is 0.103. The minimum Gasteiger partial charge on any atom is -0.337 e. The van der Waals surface area contributed by atoms with Gasteiger partial charge in [-0.25, -0.2) is 4.39 Å². The maximum absolute atomic E-state index is 13.5. The number of rotatable bonds is 5. The number of halogens is 2. The molecule has 2 aromatic carbocycles. The van der Waals surface area contributed by atoms with Crippen LogP contribution in [-0.2, 0) is 4.79 Å². The number of hydrogen-bond acceptors (Lipinski definition) is 4. The molecule has 0 bridgehead atoms. The van der Waals surface area contributed by atoms with Crippen molar-refractivity contribution in [2.75, 3.05) is 5.75 Å². The Bertz CT molecular complexity index is 1040. The highest BCUT2D eigenvalue weighted by atomic mass is 35.5. The van der Waals surface area contributed by atoms with Gasteiger partial charge in [-0.1, -0.05) is 23.4 Å². The number of amides is 1. The van der Waals surface area contributed by atoms with Crippen molar-refractivity contribution >= 4 is 29.3 Å². The van der Waals surface area contributed by atoms with E-state index in [0.717, 1.165) is 30.5 Å². The average Bonchev–Trinajstić information content (AvgIpc) is 3.17. The normalized spacial score (nSPS) is 18.9. The van der Waals surface area contributed by atoms with Gasteiger partial charge in [0.1, 0.15) is 5.82 Å². The summed E-state index contributed by atoms with van der Waals surface area (Å²) >= 11 is 7.38. The molecule has 8 heteroatoms. The molecular weight excluding hydrogens is 435 g/mol. The third kappa shape index (κ3) is 4.77. The highest BCUT2D eigenvalue weighted by Gasteiger charge is 2.29. The third-order valence-electron chi connectivity index (χ3n) is 5.63. The Hall–Kier alpha value is -2.38. The van der Waals surface area contributed by atoms with E-state index in [1.807, 2.05) is 21.6 Å². The van der Waals surface area contributed by atoms with Crippen LogP contribution in [0, 0.1) is 5.82 Å². The second-order valence-corrected chi connectivity index (χ2v) is 9.22. The minimum atomic E-state index is -0.317. The molecule has 0 aliphatic carbocycles. The molecule has 3 aromatic rings. The predicted octanol–water partition coefficient (Wildman–Crippen LogP) is 5.61. The number of nitrogens with zero attached hydrogens (tertiary/aromatic N) is 4. The van der Waals surface area contributed by atoms with Gasteiger partial charge in [0.25, 0.3) is 0 Å². The molecule has 1 saturated heterocycles. The molecule has 0 unspecified atom stereocenters. The van der Waals surface area contributed by atoms with Gasteiger partial charge < -0.3 is 4.90 Å². The quantitative estimate of drug-likeness (QED) is 0.466. The van der Waals surface area contributed by atoms with E-state index in [2.05, 4.69) is 24.0 Å². The molecule has 0 N–H and O–H groups in total. The topological polar surface area (TPSA) is 51.0 Å². The van der Waals surface area contributed by atoms with Crippen LogP contribution in [0.3, 0.4) is 0 Å². The van der Waals surface area contributed by atoms with Gasteiger partial charge >= 0.3 is 0 Å². The molecule has 5 nitrogen and oxygen atoms in total. The zero-order valence-electron chi connectivity index (χ0n) is 17.5. The molecule has 2 heterocycles. The number of thioether (sulfide) groups is 1. The molecule has 162 valence electrons. The van der Waals surface area contributed by atoms with Crippen molar-refractivity contribution in [2.24, 2.45) is 0 Å². The molecule has 0 spiro atoms. The molecule has 4 rings (SSSR count). The van der Waals surface area contributed by atoms with Gasteiger partial charge in [0.05, 0.1) is 5.75 Å². The third-order valence-corrected chi connectivity index (χ3v) is 6.79. The first-order valence-electron chi connectivity index (χ1n) is 10.4. The molecule has 31 heavy (non-hydrogen) atoms. The van der Waals surface area contributed by atoms with E-state index in [0.29, 0.717) is 16.0 Å². The van der Waals surface area contributed by atoms with Crippen LogP contribution in [-0.4, -0.2) is 43.4 Å². The maximum atomic E-state index is 13.5. The van der Waals surface area contributed by atoms with Crippen LogP contribution in [0.2, 0.25) is 5.02 Å². The van der Waals surface area contributed by atoms with E-state index in [1.165, 1.54) is 23.9 Å². The monoisotopic (exact) mass is 458 g/mol. The summed E-state index contributed by atoms with van der Waals surface area (Å²) in [5.74, 6) is 0.667. The van der Waals surface area contributed by atoms with E-state index in [4.69, 9.17) is 11.6 Å². The summed E-state index contributed by atoms with van der Waals surface area (Å²) in [5.41, 5.74) is 1.56. The summed E-state index contributed by atoms with van der Waals surface area (Å²) in [6.07, 6.45) is 3.23. The van der Waals surface area contributed by atoms with Crippen molar-refractivity contribution < 1.29 is 9.18 Å². The van der Waals surface area contributed by atoms with Crippen molar-refractivity contribution in [1.29, 1.82) is 0 Å². The number of aromatic nitrogens is 3. The van der Waals surface area contributed by atoms with Crippen LogP contribution < -0.4 is 0 Å². The first kappa shape index (κ1) is 21.8. The number of likely N-dealkylation sites (tertiary alicyclic amines) is 1. The molecule has 1 aliphatic rings. The smallest absolute Gasteiger partial charge is 0.233 e. The number of carbonyl (C=O) groups excluding carboxylic acids is 1. The molecule has 1 aliphatic heterocycles. The van der Waals surface area contributed by atoms with Crippen LogP contribution in [0.4, 0.5) is 4.39 Å². The summed E-state index contributed by atoms with van der Waals surface area (Å²) in [5, 5.41) is 9.92. The maximum Gasteiger partial charge on any atom is 0.233 e. The number of hydrogen-bond donors (Lipinski definition) is 0.